The van der Waals surface area contributed by atoms with Gasteiger partial charge < -0.3 is 4.74 Å². The molecule has 0 atom stereocenters. The van der Waals surface area contributed by atoms with Crippen molar-refractivity contribution in [3.05, 3.63) is 89.0 Å². The first-order chi connectivity index (χ1) is 15.3. The normalized spacial score (nSPS) is 19.4. The maximum atomic E-state index is 5.64. The Morgan fingerprint density at radius 2 is 1.23 bits per heavy atom. The van der Waals surface area contributed by atoms with Crippen molar-refractivity contribution >= 4 is 6.08 Å². The summed E-state index contributed by atoms with van der Waals surface area (Å²) in [4.78, 5) is 0. The molecule has 0 aliphatic heterocycles. The zero-order valence-electron chi connectivity index (χ0n) is 19.6. The largest absolute Gasteiger partial charge is 0.373 e. The number of aryl methyl sites for hydroxylation is 2. The van der Waals surface area contributed by atoms with Gasteiger partial charge in [-0.25, -0.2) is 0 Å². The molecule has 0 aromatic heterocycles. The number of rotatable bonds is 11. The minimum absolute atomic E-state index is 0.698. The van der Waals surface area contributed by atoms with Gasteiger partial charge in [0.05, 0.1) is 13.2 Å². The van der Waals surface area contributed by atoms with E-state index in [-0.39, 0.29) is 0 Å². The highest BCUT2D eigenvalue weighted by Crippen LogP contribution is 2.34. The van der Waals surface area contributed by atoms with Crippen molar-refractivity contribution in [2.45, 2.75) is 71.8 Å². The van der Waals surface area contributed by atoms with Crippen molar-refractivity contribution in [3.8, 4) is 0 Å². The second-order valence-corrected chi connectivity index (χ2v) is 9.11. The van der Waals surface area contributed by atoms with E-state index in [1.807, 2.05) is 19.1 Å². The van der Waals surface area contributed by atoms with Crippen LogP contribution in [0.3, 0.4) is 0 Å². The third-order valence-corrected chi connectivity index (χ3v) is 6.73. The fraction of sp³-hybridized carbons (Fsp3) is 0.467. The van der Waals surface area contributed by atoms with E-state index in [9.17, 15) is 0 Å². The molecule has 0 amide bonds. The Bertz CT molecular complexity index is 789. The number of hydrogen-bond acceptors (Lipinski definition) is 1. The van der Waals surface area contributed by atoms with E-state index in [1.165, 1.54) is 73.6 Å². The molecule has 2 aromatic rings. The average Bonchev–Trinajstić information content (AvgIpc) is 2.82. The van der Waals surface area contributed by atoms with Crippen LogP contribution in [0.15, 0.2) is 66.8 Å². The zero-order valence-corrected chi connectivity index (χ0v) is 19.6. The predicted octanol–water partition coefficient (Wildman–Crippen LogP) is 8.18. The van der Waals surface area contributed by atoms with E-state index in [0.717, 1.165) is 11.8 Å². The fourth-order valence-electron chi connectivity index (χ4n) is 4.68. The molecule has 1 saturated carbocycles. The van der Waals surface area contributed by atoms with Crippen LogP contribution in [0.4, 0.5) is 0 Å². The van der Waals surface area contributed by atoms with E-state index in [4.69, 9.17) is 4.74 Å². The summed E-state index contributed by atoms with van der Waals surface area (Å²) in [6, 6.07) is 18.1. The van der Waals surface area contributed by atoms with E-state index in [1.54, 1.807) is 0 Å². The third kappa shape index (κ3) is 8.50. The Balaban J connectivity index is 1.32. The fourth-order valence-corrected chi connectivity index (χ4v) is 4.68. The molecule has 0 heterocycles. The first-order valence-electron chi connectivity index (χ1n) is 12.2. The summed E-state index contributed by atoms with van der Waals surface area (Å²) in [7, 11) is 0. The topological polar surface area (TPSA) is 9.23 Å². The smallest absolute Gasteiger partial charge is 0.0721 e. The number of benzene rings is 2. The number of allylic oxidation sites excluding steroid dienone is 2. The molecule has 166 valence electrons. The van der Waals surface area contributed by atoms with Gasteiger partial charge in [-0.3, -0.25) is 0 Å². The van der Waals surface area contributed by atoms with Gasteiger partial charge in [-0.15, -0.1) is 0 Å². The molecular formula is C30H40O. The van der Waals surface area contributed by atoms with Crippen LogP contribution in [0, 0.1) is 11.8 Å². The van der Waals surface area contributed by atoms with Crippen molar-refractivity contribution < 1.29 is 4.74 Å². The van der Waals surface area contributed by atoms with Crippen molar-refractivity contribution in [1.82, 2.24) is 0 Å². The lowest BCUT2D eigenvalue weighted by Crippen LogP contribution is -2.15. The van der Waals surface area contributed by atoms with Crippen LogP contribution in [0.5, 0.6) is 0 Å². The summed E-state index contributed by atoms with van der Waals surface area (Å²) >= 11 is 0. The lowest BCUT2D eigenvalue weighted by Gasteiger charge is -2.28. The zero-order chi connectivity index (χ0) is 21.7. The Morgan fingerprint density at radius 1 is 0.710 bits per heavy atom. The second kappa shape index (κ2) is 13.3. The monoisotopic (exact) mass is 416 g/mol. The van der Waals surface area contributed by atoms with Crippen LogP contribution < -0.4 is 0 Å². The SMILES string of the molecule is C/C=C\c1ccc(CC[C@H]2CC[C@H](CCc3ccc(COC/C=C/C)cc3)CC2)cc1. The molecule has 1 nitrogen and oxygen atoms in total. The van der Waals surface area contributed by atoms with Gasteiger partial charge in [-0.2, -0.15) is 0 Å². The summed E-state index contributed by atoms with van der Waals surface area (Å²) in [5, 5.41) is 0. The molecule has 2 aromatic carbocycles. The maximum absolute atomic E-state index is 5.64. The van der Waals surface area contributed by atoms with Gasteiger partial charge in [0.1, 0.15) is 0 Å². The van der Waals surface area contributed by atoms with Gasteiger partial charge in [-0.05, 0) is 73.6 Å². The molecule has 0 spiro atoms. The summed E-state index contributed by atoms with van der Waals surface area (Å²) in [5.41, 5.74) is 5.54. The number of ether oxygens (including phenoxy) is 1. The van der Waals surface area contributed by atoms with Crippen LogP contribution in [0.25, 0.3) is 6.08 Å². The predicted molar refractivity (Wildman–Crippen MR) is 134 cm³/mol. The molecule has 0 saturated heterocycles. The molecule has 31 heavy (non-hydrogen) atoms. The van der Waals surface area contributed by atoms with Gasteiger partial charge in [0.2, 0.25) is 0 Å². The third-order valence-electron chi connectivity index (χ3n) is 6.73. The van der Waals surface area contributed by atoms with E-state index < -0.39 is 0 Å². The van der Waals surface area contributed by atoms with Gasteiger partial charge in [-0.1, -0.05) is 98.5 Å². The van der Waals surface area contributed by atoms with Crippen LogP contribution in [0.1, 0.15) is 74.6 Å². The molecule has 3 rings (SSSR count). The summed E-state index contributed by atoms with van der Waals surface area (Å²) in [6.07, 6.45) is 19.2. The molecule has 1 heteroatoms. The van der Waals surface area contributed by atoms with Gasteiger partial charge in [0, 0.05) is 0 Å². The molecule has 0 radical (unpaired) electrons. The van der Waals surface area contributed by atoms with E-state index in [2.05, 4.69) is 67.6 Å². The standard InChI is InChI=1S/C30H40O/c1-3-5-23-31-24-30-21-19-29(20-22-30)18-17-28-15-13-27(14-16-28)12-11-26-9-7-25(6-4-2)8-10-26/h3-10,19-22,27-28H,11-18,23-24H2,1-2H3/b5-3+,6-4-/t27-,28-. The second-order valence-electron chi connectivity index (χ2n) is 9.11. The Hall–Kier alpha value is -2.12. The minimum atomic E-state index is 0.698. The van der Waals surface area contributed by atoms with Crippen LogP contribution in [-0.4, -0.2) is 6.61 Å². The quantitative estimate of drug-likeness (QED) is 0.265. The van der Waals surface area contributed by atoms with E-state index in [0.29, 0.717) is 13.2 Å². The maximum Gasteiger partial charge on any atom is 0.0721 e. The Kier molecular flexibility index (Phi) is 10.1. The summed E-state index contributed by atoms with van der Waals surface area (Å²) in [6.45, 7) is 5.50. The van der Waals surface area contributed by atoms with Crippen molar-refractivity contribution in [2.24, 2.45) is 11.8 Å². The van der Waals surface area contributed by atoms with Gasteiger partial charge in [0.25, 0.3) is 0 Å². The minimum Gasteiger partial charge on any atom is -0.373 e. The van der Waals surface area contributed by atoms with Crippen LogP contribution in [-0.2, 0) is 24.2 Å². The highest BCUT2D eigenvalue weighted by molar-refractivity contribution is 5.49. The highest BCUT2D eigenvalue weighted by Gasteiger charge is 2.20. The molecule has 0 N–H and O–H groups in total. The van der Waals surface area contributed by atoms with Gasteiger partial charge >= 0.3 is 0 Å². The van der Waals surface area contributed by atoms with Crippen molar-refractivity contribution in [2.75, 3.05) is 6.61 Å². The Labute approximate surface area is 190 Å². The molecule has 1 aliphatic rings. The lowest BCUT2D eigenvalue weighted by molar-refractivity contribution is 0.148. The Morgan fingerprint density at radius 3 is 1.74 bits per heavy atom. The average molecular weight is 417 g/mol. The van der Waals surface area contributed by atoms with Crippen molar-refractivity contribution in [3.63, 3.8) is 0 Å². The lowest BCUT2D eigenvalue weighted by atomic mass is 9.77. The highest BCUT2D eigenvalue weighted by atomic mass is 16.5. The molecule has 1 fully saturated rings. The molecular weight excluding hydrogens is 376 g/mol. The van der Waals surface area contributed by atoms with E-state index >= 15 is 0 Å². The first kappa shape index (κ1) is 23.5. The van der Waals surface area contributed by atoms with Crippen molar-refractivity contribution in [1.29, 1.82) is 0 Å². The number of hydrogen-bond donors (Lipinski definition) is 0. The molecule has 1 aliphatic carbocycles. The molecule has 0 unspecified atom stereocenters. The van der Waals surface area contributed by atoms with Gasteiger partial charge in [0.15, 0.2) is 0 Å². The van der Waals surface area contributed by atoms with Crippen LogP contribution in [0.2, 0.25) is 0 Å². The molecule has 0 bridgehead atoms. The first-order valence-corrected chi connectivity index (χ1v) is 12.2. The van der Waals surface area contributed by atoms with Crippen LogP contribution >= 0.6 is 0 Å². The summed E-state index contributed by atoms with van der Waals surface area (Å²) in [5.74, 6) is 1.84. The summed E-state index contributed by atoms with van der Waals surface area (Å²) < 4.78 is 5.64.